The second-order valence-electron chi connectivity index (χ2n) is 9.83. The van der Waals surface area contributed by atoms with Gasteiger partial charge in [-0.2, -0.15) is 0 Å². The van der Waals surface area contributed by atoms with Crippen LogP contribution in [0.3, 0.4) is 0 Å². The largest absolute Gasteiger partial charge is 0.495 e. The highest BCUT2D eigenvalue weighted by Crippen LogP contribution is 2.38. The number of aromatic nitrogens is 3. The fraction of sp³-hybridized carbons (Fsp3) is 0.333. The van der Waals surface area contributed by atoms with E-state index in [1.807, 2.05) is 18.3 Å². The first-order valence-electron chi connectivity index (χ1n) is 13.3. The van der Waals surface area contributed by atoms with Gasteiger partial charge < -0.3 is 25.1 Å². The summed E-state index contributed by atoms with van der Waals surface area (Å²) >= 11 is 0. The molecule has 2 aliphatic heterocycles. The molecule has 8 nitrogen and oxygen atoms in total. The van der Waals surface area contributed by atoms with E-state index in [4.69, 9.17) is 20.2 Å². The lowest BCUT2D eigenvalue weighted by Crippen LogP contribution is -2.35. The van der Waals surface area contributed by atoms with E-state index in [0.717, 1.165) is 75.8 Å². The Hall–Kier alpha value is -3.88. The molecule has 1 saturated heterocycles. The van der Waals surface area contributed by atoms with Gasteiger partial charge in [-0.1, -0.05) is 24.3 Å². The zero-order valence-electron chi connectivity index (χ0n) is 21.8. The Morgan fingerprint density at radius 2 is 1.97 bits per heavy atom. The maximum Gasteiger partial charge on any atom is 0.227 e. The number of morpholine rings is 1. The molecule has 3 N–H and O–H groups in total. The predicted octanol–water partition coefficient (Wildman–Crippen LogP) is 4.64. The quantitative estimate of drug-likeness (QED) is 0.357. The third-order valence-corrected chi connectivity index (χ3v) is 7.53. The molecule has 196 valence electrons. The smallest absolute Gasteiger partial charge is 0.227 e. The van der Waals surface area contributed by atoms with E-state index in [9.17, 15) is 0 Å². The molecule has 0 saturated carbocycles. The summed E-state index contributed by atoms with van der Waals surface area (Å²) in [6, 6.07) is 14.9. The van der Waals surface area contributed by atoms with E-state index in [1.54, 1.807) is 13.3 Å². The lowest BCUT2D eigenvalue weighted by atomic mass is 10.0. The molecule has 0 spiro atoms. The van der Waals surface area contributed by atoms with Gasteiger partial charge in [-0.3, -0.25) is 4.90 Å². The lowest BCUT2D eigenvalue weighted by molar-refractivity contribution is 0.0341. The monoisotopic (exact) mass is 510 g/mol. The first kappa shape index (κ1) is 24.5. The van der Waals surface area contributed by atoms with Crippen LogP contribution in [0.1, 0.15) is 23.2 Å². The molecule has 0 bridgehead atoms. The van der Waals surface area contributed by atoms with E-state index >= 15 is 0 Å². The first-order chi connectivity index (χ1) is 18.7. The van der Waals surface area contributed by atoms with E-state index in [0.29, 0.717) is 5.95 Å². The fourth-order valence-electron chi connectivity index (χ4n) is 5.71. The maximum atomic E-state index is 5.82. The van der Waals surface area contributed by atoms with Crippen molar-refractivity contribution in [1.29, 1.82) is 0 Å². The van der Waals surface area contributed by atoms with Crippen LogP contribution in [0.25, 0.3) is 22.2 Å². The molecule has 4 heterocycles. The molecule has 4 aromatic rings. The Morgan fingerprint density at radius 1 is 1.11 bits per heavy atom. The highest BCUT2D eigenvalue weighted by atomic mass is 16.5. The minimum Gasteiger partial charge on any atom is -0.495 e. The molecular formula is C30H34N6O2. The third kappa shape index (κ3) is 4.73. The molecule has 38 heavy (non-hydrogen) atoms. The predicted molar refractivity (Wildman–Crippen MR) is 151 cm³/mol. The number of benzene rings is 2. The Kier molecular flexibility index (Phi) is 6.98. The number of nitrogens with one attached hydrogen (secondary N) is 1. The van der Waals surface area contributed by atoms with Gasteiger partial charge in [0.25, 0.3) is 0 Å². The van der Waals surface area contributed by atoms with Gasteiger partial charge in [0.15, 0.2) is 0 Å². The molecule has 0 radical (unpaired) electrons. The second kappa shape index (κ2) is 10.8. The summed E-state index contributed by atoms with van der Waals surface area (Å²) in [6.45, 7) is 5.28. The minimum atomic E-state index is 0.545. The number of fused-ring (bicyclic) bond motifs is 3. The average molecular weight is 511 g/mol. The van der Waals surface area contributed by atoms with Crippen LogP contribution >= 0.6 is 0 Å². The van der Waals surface area contributed by atoms with Crippen LogP contribution in [0.5, 0.6) is 5.75 Å². The number of nitrogens with two attached hydrogens (primary N) is 1. The summed E-state index contributed by atoms with van der Waals surface area (Å²) in [5, 5.41) is 4.69. The topological polar surface area (TPSA) is 90.5 Å². The number of ether oxygens (including phenoxy) is 2. The van der Waals surface area contributed by atoms with Crippen molar-refractivity contribution in [3.8, 4) is 17.0 Å². The lowest BCUT2D eigenvalue weighted by Gasteiger charge is -2.28. The Bertz CT molecular complexity index is 1470. The van der Waals surface area contributed by atoms with Crippen LogP contribution in [0.2, 0.25) is 0 Å². The Balaban J connectivity index is 1.34. The molecule has 0 amide bonds. The van der Waals surface area contributed by atoms with Crippen molar-refractivity contribution in [2.75, 3.05) is 38.7 Å². The molecule has 0 unspecified atom stereocenters. The van der Waals surface area contributed by atoms with Gasteiger partial charge in [-0.05, 0) is 60.9 Å². The van der Waals surface area contributed by atoms with Gasteiger partial charge in [-0.25, -0.2) is 9.97 Å². The molecule has 2 aromatic carbocycles. The Labute approximate surface area is 223 Å². The van der Waals surface area contributed by atoms with Gasteiger partial charge in [0, 0.05) is 54.5 Å². The third-order valence-electron chi connectivity index (χ3n) is 7.53. The zero-order chi connectivity index (χ0) is 25.9. The maximum absolute atomic E-state index is 5.82. The van der Waals surface area contributed by atoms with E-state index in [-0.39, 0.29) is 0 Å². The highest BCUT2D eigenvalue weighted by Gasteiger charge is 2.23. The average Bonchev–Trinajstić information content (AvgIpc) is 3.54. The normalized spacial score (nSPS) is 15.8. The van der Waals surface area contributed by atoms with Gasteiger partial charge in [-0.15, -0.1) is 0 Å². The van der Waals surface area contributed by atoms with Crippen molar-refractivity contribution in [2.24, 2.45) is 5.73 Å². The number of aryl methyl sites for hydroxylation is 1. The number of para-hydroxylation sites is 1. The van der Waals surface area contributed by atoms with Crippen molar-refractivity contribution < 1.29 is 9.47 Å². The first-order valence-corrected chi connectivity index (χ1v) is 13.3. The van der Waals surface area contributed by atoms with Crippen LogP contribution in [0.4, 0.5) is 11.6 Å². The molecule has 0 aliphatic carbocycles. The summed E-state index contributed by atoms with van der Waals surface area (Å²) in [5.74, 6) is 1.31. The number of hydrogen-bond donors (Lipinski definition) is 2. The van der Waals surface area contributed by atoms with Crippen molar-refractivity contribution in [1.82, 2.24) is 19.4 Å². The van der Waals surface area contributed by atoms with E-state index in [1.165, 1.54) is 33.3 Å². The SMILES string of the molecule is COc1cc(CN2CCOCC2)c(CC=CN)cc1Nc1nccc(-c2c3n(c4ccccc24)CCC3)n1. The van der Waals surface area contributed by atoms with Crippen LogP contribution in [0, 0.1) is 0 Å². The summed E-state index contributed by atoms with van der Waals surface area (Å²) in [7, 11) is 1.70. The number of nitrogens with zero attached hydrogens (tertiary/aromatic N) is 4. The van der Waals surface area contributed by atoms with Gasteiger partial charge >= 0.3 is 0 Å². The van der Waals surface area contributed by atoms with Crippen molar-refractivity contribution in [2.45, 2.75) is 32.4 Å². The number of anilines is 2. The summed E-state index contributed by atoms with van der Waals surface area (Å²) < 4.78 is 13.8. The summed E-state index contributed by atoms with van der Waals surface area (Å²) in [6.07, 6.45) is 8.37. The van der Waals surface area contributed by atoms with E-state index < -0.39 is 0 Å². The molecular weight excluding hydrogens is 476 g/mol. The number of hydrogen-bond acceptors (Lipinski definition) is 7. The van der Waals surface area contributed by atoms with Crippen molar-refractivity contribution >= 4 is 22.5 Å². The molecule has 2 aromatic heterocycles. The molecule has 8 heteroatoms. The number of rotatable bonds is 8. The number of methoxy groups -OCH3 is 1. The van der Waals surface area contributed by atoms with Gasteiger partial charge in [0.05, 0.1) is 31.7 Å². The molecule has 6 rings (SSSR count). The van der Waals surface area contributed by atoms with Crippen LogP contribution in [0.15, 0.2) is 60.9 Å². The zero-order valence-corrected chi connectivity index (χ0v) is 21.8. The molecule has 1 fully saturated rings. The summed E-state index contributed by atoms with van der Waals surface area (Å²) in [5.41, 5.74) is 13.7. The Morgan fingerprint density at radius 3 is 2.82 bits per heavy atom. The van der Waals surface area contributed by atoms with Crippen LogP contribution in [-0.2, 0) is 30.7 Å². The van der Waals surface area contributed by atoms with Crippen molar-refractivity contribution in [3.63, 3.8) is 0 Å². The van der Waals surface area contributed by atoms with E-state index in [2.05, 4.69) is 56.2 Å². The van der Waals surface area contributed by atoms with Crippen LogP contribution in [-0.4, -0.2) is 52.8 Å². The van der Waals surface area contributed by atoms with Gasteiger partial charge in [0.1, 0.15) is 5.75 Å². The minimum absolute atomic E-state index is 0.545. The molecule has 0 atom stereocenters. The molecule has 2 aliphatic rings. The summed E-state index contributed by atoms with van der Waals surface area (Å²) in [4.78, 5) is 11.9. The second-order valence-corrected chi connectivity index (χ2v) is 9.83. The number of allylic oxidation sites excluding steroid dienone is 1. The van der Waals surface area contributed by atoms with Crippen molar-refractivity contribution in [3.05, 3.63) is 77.8 Å². The highest BCUT2D eigenvalue weighted by molar-refractivity contribution is 5.97. The van der Waals surface area contributed by atoms with Crippen LogP contribution < -0.4 is 15.8 Å². The van der Waals surface area contributed by atoms with Gasteiger partial charge in [0.2, 0.25) is 5.95 Å². The standard InChI is InChI=1S/C30H34N6O2/c1-37-28-19-22(20-35-14-16-38-17-15-35)21(6-4-11-31)18-25(28)34-30-32-12-10-24(33-30)29-23-7-2-3-8-26(23)36-13-5-9-27(29)36/h2-4,7-8,10-12,18-19H,5-6,9,13-17,20,31H2,1H3,(H,32,33,34). The fourth-order valence-corrected chi connectivity index (χ4v) is 5.71.